The summed E-state index contributed by atoms with van der Waals surface area (Å²) in [4.78, 5) is 0.0484. The number of hydrogen-bond acceptors (Lipinski definition) is 4. The topological polar surface area (TPSA) is 81.4 Å². The normalized spacial score (nSPS) is 15.9. The van der Waals surface area contributed by atoms with E-state index in [-0.39, 0.29) is 17.2 Å². The molecule has 0 amide bonds. The van der Waals surface area contributed by atoms with Gasteiger partial charge in [-0.15, -0.1) is 0 Å². The Morgan fingerprint density at radius 3 is 2.65 bits per heavy atom. The third-order valence-corrected chi connectivity index (χ3v) is 5.24. The molecule has 0 spiro atoms. The first-order valence-electron chi connectivity index (χ1n) is 6.54. The number of hydrogen-bond donors (Lipinski definition) is 2. The second-order valence-corrected chi connectivity index (χ2v) is 7.12. The van der Waals surface area contributed by atoms with E-state index in [9.17, 15) is 8.42 Å². The third kappa shape index (κ3) is 3.25. The predicted octanol–water partition coefficient (Wildman–Crippen LogP) is 1.89. The molecule has 1 aromatic rings. The average Bonchev–Trinajstić information content (AvgIpc) is 2.35. The smallest absolute Gasteiger partial charge is 0.244 e. The van der Waals surface area contributed by atoms with E-state index in [1.807, 2.05) is 0 Å². The van der Waals surface area contributed by atoms with Crippen LogP contribution in [0.1, 0.15) is 24.8 Å². The van der Waals surface area contributed by atoms with Crippen LogP contribution in [0.15, 0.2) is 17.0 Å². The minimum atomic E-state index is -3.64. The van der Waals surface area contributed by atoms with E-state index in [2.05, 4.69) is 4.72 Å². The van der Waals surface area contributed by atoms with Gasteiger partial charge in [-0.2, -0.15) is 0 Å². The second-order valence-electron chi connectivity index (χ2n) is 4.95. The van der Waals surface area contributed by atoms with E-state index in [4.69, 9.17) is 22.1 Å². The van der Waals surface area contributed by atoms with Crippen molar-refractivity contribution in [2.45, 2.75) is 30.7 Å². The van der Waals surface area contributed by atoms with Gasteiger partial charge in [0.1, 0.15) is 10.6 Å². The van der Waals surface area contributed by atoms with E-state index in [0.29, 0.717) is 23.0 Å². The summed E-state index contributed by atoms with van der Waals surface area (Å²) in [6.45, 7) is 0.616. The largest absolute Gasteiger partial charge is 0.495 e. The Morgan fingerprint density at radius 1 is 1.45 bits per heavy atom. The molecule has 2 rings (SSSR count). The molecule has 3 N–H and O–H groups in total. The average molecular weight is 319 g/mol. The highest BCUT2D eigenvalue weighted by Gasteiger charge is 2.25. The Morgan fingerprint density at radius 2 is 2.15 bits per heavy atom. The molecule has 112 valence electrons. The summed E-state index contributed by atoms with van der Waals surface area (Å²) in [6, 6.07) is 3.01. The lowest BCUT2D eigenvalue weighted by atomic mass is 9.86. The maximum absolute atomic E-state index is 12.4. The zero-order chi connectivity index (χ0) is 14.8. The molecular formula is C13H19ClN2O3S. The van der Waals surface area contributed by atoms with Gasteiger partial charge in [-0.1, -0.05) is 18.0 Å². The van der Waals surface area contributed by atoms with Gasteiger partial charge in [0.25, 0.3) is 0 Å². The van der Waals surface area contributed by atoms with Crippen molar-refractivity contribution in [3.8, 4) is 5.75 Å². The van der Waals surface area contributed by atoms with Crippen LogP contribution in [0.25, 0.3) is 0 Å². The number of rotatable bonds is 6. The van der Waals surface area contributed by atoms with E-state index < -0.39 is 10.0 Å². The van der Waals surface area contributed by atoms with Gasteiger partial charge in [0.2, 0.25) is 10.0 Å². The van der Waals surface area contributed by atoms with Crippen molar-refractivity contribution >= 4 is 21.6 Å². The van der Waals surface area contributed by atoms with Crippen molar-refractivity contribution in [1.29, 1.82) is 0 Å². The van der Waals surface area contributed by atoms with E-state index in [0.717, 1.165) is 12.8 Å². The standard InChI is InChI=1S/C13H19ClN2O3S/c1-19-13-10(7-15)5-11(14)6-12(13)20(17,18)16-8-9-3-2-4-9/h5-6,9,16H,2-4,7-8,15H2,1H3. The summed E-state index contributed by atoms with van der Waals surface area (Å²) < 4.78 is 32.6. The van der Waals surface area contributed by atoms with Crippen molar-refractivity contribution in [1.82, 2.24) is 4.72 Å². The molecule has 0 atom stereocenters. The minimum absolute atomic E-state index is 0.0484. The van der Waals surface area contributed by atoms with Gasteiger partial charge in [0, 0.05) is 23.7 Å². The van der Waals surface area contributed by atoms with Crippen LogP contribution >= 0.6 is 11.6 Å². The Balaban J connectivity index is 2.31. The van der Waals surface area contributed by atoms with Gasteiger partial charge in [-0.25, -0.2) is 13.1 Å². The lowest BCUT2D eigenvalue weighted by Crippen LogP contribution is -2.32. The summed E-state index contributed by atoms with van der Waals surface area (Å²) in [5.74, 6) is 0.696. The Hall–Kier alpha value is -0.820. The molecule has 1 aliphatic carbocycles. The molecule has 1 saturated carbocycles. The fraction of sp³-hybridized carbons (Fsp3) is 0.538. The quantitative estimate of drug-likeness (QED) is 0.839. The highest BCUT2D eigenvalue weighted by Crippen LogP contribution is 2.32. The number of sulfonamides is 1. The van der Waals surface area contributed by atoms with Crippen LogP contribution in [0.2, 0.25) is 5.02 Å². The molecule has 0 heterocycles. The van der Waals surface area contributed by atoms with E-state index in [1.165, 1.54) is 19.6 Å². The fourth-order valence-electron chi connectivity index (χ4n) is 2.21. The second kappa shape index (κ2) is 6.30. The number of nitrogens with one attached hydrogen (secondary N) is 1. The molecule has 1 fully saturated rings. The number of methoxy groups -OCH3 is 1. The number of nitrogens with two attached hydrogens (primary N) is 1. The highest BCUT2D eigenvalue weighted by molar-refractivity contribution is 7.89. The van der Waals surface area contributed by atoms with Crippen molar-refractivity contribution < 1.29 is 13.2 Å². The summed E-state index contributed by atoms with van der Waals surface area (Å²) in [7, 11) is -2.22. The van der Waals surface area contributed by atoms with Crippen LogP contribution in [-0.2, 0) is 16.6 Å². The zero-order valence-electron chi connectivity index (χ0n) is 11.4. The Kier molecular flexibility index (Phi) is 4.90. The molecule has 0 saturated heterocycles. The molecule has 0 radical (unpaired) electrons. The molecule has 0 unspecified atom stereocenters. The maximum atomic E-state index is 12.4. The van der Waals surface area contributed by atoms with Gasteiger partial charge >= 0.3 is 0 Å². The van der Waals surface area contributed by atoms with Gasteiger partial charge in [0.15, 0.2) is 0 Å². The highest BCUT2D eigenvalue weighted by atomic mass is 35.5. The van der Waals surface area contributed by atoms with Crippen LogP contribution in [0.5, 0.6) is 5.75 Å². The van der Waals surface area contributed by atoms with Crippen molar-refractivity contribution in [3.63, 3.8) is 0 Å². The molecule has 20 heavy (non-hydrogen) atoms. The molecular weight excluding hydrogens is 300 g/mol. The number of benzene rings is 1. The molecule has 1 aliphatic rings. The molecule has 0 aromatic heterocycles. The van der Waals surface area contributed by atoms with E-state index >= 15 is 0 Å². The van der Waals surface area contributed by atoms with Crippen LogP contribution in [0.3, 0.4) is 0 Å². The van der Waals surface area contributed by atoms with Gasteiger partial charge in [-0.3, -0.25) is 0 Å². The Labute approximate surface area is 124 Å². The van der Waals surface area contributed by atoms with Crippen LogP contribution in [-0.4, -0.2) is 22.1 Å². The Bertz CT molecular complexity index is 586. The molecule has 0 aliphatic heterocycles. The molecule has 1 aromatic carbocycles. The lowest BCUT2D eigenvalue weighted by Gasteiger charge is -2.25. The van der Waals surface area contributed by atoms with Gasteiger partial charge in [0.05, 0.1) is 7.11 Å². The van der Waals surface area contributed by atoms with Gasteiger partial charge in [-0.05, 0) is 30.9 Å². The zero-order valence-corrected chi connectivity index (χ0v) is 12.9. The van der Waals surface area contributed by atoms with Crippen molar-refractivity contribution in [2.75, 3.05) is 13.7 Å². The van der Waals surface area contributed by atoms with Crippen LogP contribution < -0.4 is 15.2 Å². The SMILES string of the molecule is COc1c(CN)cc(Cl)cc1S(=O)(=O)NCC1CCC1. The molecule has 0 bridgehead atoms. The summed E-state index contributed by atoms with van der Waals surface area (Å²) >= 11 is 5.96. The van der Waals surface area contributed by atoms with Gasteiger partial charge < -0.3 is 10.5 Å². The first kappa shape index (κ1) is 15.6. The van der Waals surface area contributed by atoms with E-state index in [1.54, 1.807) is 6.07 Å². The summed E-state index contributed by atoms with van der Waals surface area (Å²) in [6.07, 6.45) is 3.32. The molecule has 7 heteroatoms. The fourth-order valence-corrected chi connectivity index (χ4v) is 3.86. The van der Waals surface area contributed by atoms with Crippen molar-refractivity contribution in [3.05, 3.63) is 22.7 Å². The van der Waals surface area contributed by atoms with Crippen LogP contribution in [0.4, 0.5) is 0 Å². The number of halogens is 1. The monoisotopic (exact) mass is 318 g/mol. The summed E-state index contributed by atoms with van der Waals surface area (Å²) in [5.41, 5.74) is 6.18. The first-order chi connectivity index (χ1) is 9.47. The van der Waals surface area contributed by atoms with Crippen LogP contribution in [0, 0.1) is 5.92 Å². The first-order valence-corrected chi connectivity index (χ1v) is 8.40. The molecule has 5 nitrogen and oxygen atoms in total. The maximum Gasteiger partial charge on any atom is 0.244 e. The lowest BCUT2D eigenvalue weighted by molar-refractivity contribution is 0.316. The predicted molar refractivity (Wildman–Crippen MR) is 78.4 cm³/mol. The summed E-state index contributed by atoms with van der Waals surface area (Å²) in [5, 5.41) is 0.329. The van der Waals surface area contributed by atoms with Crippen molar-refractivity contribution in [2.24, 2.45) is 11.7 Å². The third-order valence-electron chi connectivity index (χ3n) is 3.60. The number of ether oxygens (including phenoxy) is 1. The minimum Gasteiger partial charge on any atom is -0.495 e.